The van der Waals surface area contributed by atoms with Gasteiger partial charge < -0.3 is 14.5 Å². The molecule has 2 aliphatic heterocycles. The van der Waals surface area contributed by atoms with E-state index in [1.165, 1.54) is 11.3 Å². The number of hydrogen-bond acceptors (Lipinski definition) is 6. The van der Waals surface area contributed by atoms with E-state index in [1.54, 1.807) is 14.5 Å². The number of thiophene rings is 1. The van der Waals surface area contributed by atoms with E-state index in [0.717, 1.165) is 5.56 Å². The van der Waals surface area contributed by atoms with Crippen molar-refractivity contribution in [1.82, 2.24) is 24.8 Å². The highest BCUT2D eigenvalue weighted by atomic mass is 32.1. The Bertz CT molecular complexity index is 1040. The fraction of sp³-hybridized carbons (Fsp3) is 0.333. The van der Waals surface area contributed by atoms with Crippen molar-refractivity contribution in [3.63, 3.8) is 0 Å². The summed E-state index contributed by atoms with van der Waals surface area (Å²) in [5.41, 5.74) is 2.85. The molecule has 0 aliphatic carbocycles. The van der Waals surface area contributed by atoms with E-state index in [2.05, 4.69) is 10.3 Å². The molecule has 1 atom stereocenters. The molecule has 154 valence electrons. The predicted molar refractivity (Wildman–Crippen MR) is 110 cm³/mol. The second-order valence-corrected chi connectivity index (χ2v) is 8.15. The zero-order valence-electron chi connectivity index (χ0n) is 16.3. The van der Waals surface area contributed by atoms with E-state index < -0.39 is 0 Å². The van der Waals surface area contributed by atoms with Crippen molar-refractivity contribution in [1.29, 1.82) is 0 Å². The summed E-state index contributed by atoms with van der Waals surface area (Å²) in [7, 11) is 0. The van der Waals surface area contributed by atoms with Gasteiger partial charge in [0.25, 0.3) is 11.8 Å². The summed E-state index contributed by atoms with van der Waals surface area (Å²) in [4.78, 5) is 29.1. The molecule has 4 heterocycles. The molecule has 0 radical (unpaired) electrons. The van der Waals surface area contributed by atoms with Gasteiger partial charge in [-0.2, -0.15) is 11.3 Å². The molecular formula is C21H21N5O3S. The van der Waals surface area contributed by atoms with E-state index in [-0.39, 0.29) is 17.9 Å². The fourth-order valence-electron chi connectivity index (χ4n) is 3.88. The zero-order valence-corrected chi connectivity index (χ0v) is 17.1. The molecule has 0 bridgehead atoms. The monoisotopic (exact) mass is 423 g/mol. The fourth-order valence-corrected chi connectivity index (χ4v) is 4.51. The van der Waals surface area contributed by atoms with Crippen molar-refractivity contribution in [2.24, 2.45) is 0 Å². The van der Waals surface area contributed by atoms with Crippen LogP contribution in [0.5, 0.6) is 0 Å². The first-order chi connectivity index (χ1) is 14.7. The summed E-state index contributed by atoms with van der Waals surface area (Å²) in [5, 5.41) is 12.1. The van der Waals surface area contributed by atoms with Crippen LogP contribution in [0.25, 0.3) is 0 Å². The third-order valence-electron chi connectivity index (χ3n) is 5.59. The highest BCUT2D eigenvalue weighted by Gasteiger charge is 2.32. The molecule has 1 unspecified atom stereocenters. The number of benzene rings is 1. The van der Waals surface area contributed by atoms with Crippen molar-refractivity contribution in [3.8, 4) is 0 Å². The summed E-state index contributed by atoms with van der Waals surface area (Å²) < 4.78 is 7.76. The van der Waals surface area contributed by atoms with Crippen LogP contribution in [0.3, 0.4) is 0 Å². The van der Waals surface area contributed by atoms with Crippen LogP contribution >= 0.6 is 11.3 Å². The topological polar surface area (TPSA) is 80.6 Å². The number of piperazine rings is 1. The van der Waals surface area contributed by atoms with Crippen LogP contribution in [0, 0.1) is 0 Å². The number of carbonyl (C=O) groups excluding carboxylic acids is 2. The molecule has 0 spiro atoms. The minimum Gasteiger partial charge on any atom is -0.365 e. The maximum atomic E-state index is 13.0. The van der Waals surface area contributed by atoms with Crippen molar-refractivity contribution in [2.45, 2.75) is 19.3 Å². The van der Waals surface area contributed by atoms with E-state index in [9.17, 15) is 9.59 Å². The standard InChI is InChI=1S/C21H21N5O3S/c27-20(16-6-11-30-14-16)24-7-9-25(10-8-24)21(28)19-17-13-29-18(12-26(17)23-22-19)15-4-2-1-3-5-15/h1-6,11,14,18H,7-10,12-13H2. The number of hydrogen-bond donors (Lipinski definition) is 0. The maximum Gasteiger partial charge on any atom is 0.276 e. The molecule has 0 N–H and O–H groups in total. The van der Waals surface area contributed by atoms with Crippen LogP contribution in [0.15, 0.2) is 47.2 Å². The van der Waals surface area contributed by atoms with Gasteiger partial charge in [-0.05, 0) is 17.0 Å². The number of carbonyl (C=O) groups is 2. The van der Waals surface area contributed by atoms with E-state index in [4.69, 9.17) is 4.74 Å². The Labute approximate surface area is 177 Å². The maximum absolute atomic E-state index is 13.0. The molecule has 2 aliphatic rings. The molecule has 1 saturated heterocycles. The molecule has 9 heteroatoms. The van der Waals surface area contributed by atoms with E-state index in [1.807, 2.05) is 47.2 Å². The molecule has 2 aromatic heterocycles. The Morgan fingerprint density at radius 2 is 1.73 bits per heavy atom. The van der Waals surface area contributed by atoms with Crippen LogP contribution in [0.1, 0.15) is 38.2 Å². The second kappa shape index (κ2) is 8.00. The van der Waals surface area contributed by atoms with Crippen molar-refractivity contribution >= 4 is 23.2 Å². The molecule has 1 fully saturated rings. The molecule has 0 saturated carbocycles. The van der Waals surface area contributed by atoms with Gasteiger partial charge in [0.1, 0.15) is 6.10 Å². The summed E-state index contributed by atoms with van der Waals surface area (Å²) >= 11 is 1.51. The lowest BCUT2D eigenvalue weighted by Crippen LogP contribution is -2.50. The molecule has 8 nitrogen and oxygen atoms in total. The van der Waals surface area contributed by atoms with Crippen LogP contribution in [0.4, 0.5) is 0 Å². The summed E-state index contributed by atoms with van der Waals surface area (Å²) in [6.45, 7) is 2.81. The minimum atomic E-state index is -0.152. The van der Waals surface area contributed by atoms with Gasteiger partial charge in [-0.3, -0.25) is 9.59 Å². The van der Waals surface area contributed by atoms with Crippen LogP contribution in [-0.2, 0) is 17.9 Å². The van der Waals surface area contributed by atoms with Gasteiger partial charge in [-0.1, -0.05) is 35.5 Å². The number of ether oxygens (including phenoxy) is 1. The zero-order chi connectivity index (χ0) is 20.5. The first-order valence-electron chi connectivity index (χ1n) is 9.90. The van der Waals surface area contributed by atoms with Gasteiger partial charge in [0.15, 0.2) is 5.69 Å². The highest BCUT2D eigenvalue weighted by Crippen LogP contribution is 2.27. The van der Waals surface area contributed by atoms with Crippen LogP contribution in [-0.4, -0.2) is 62.8 Å². The summed E-state index contributed by atoms with van der Waals surface area (Å²) in [6.07, 6.45) is -0.102. The van der Waals surface area contributed by atoms with Gasteiger partial charge in [0.2, 0.25) is 0 Å². The smallest absolute Gasteiger partial charge is 0.276 e. The lowest BCUT2D eigenvalue weighted by Gasteiger charge is -2.34. The number of amides is 2. The quantitative estimate of drug-likeness (QED) is 0.645. The second-order valence-electron chi connectivity index (χ2n) is 7.37. The Morgan fingerprint density at radius 1 is 1.00 bits per heavy atom. The first kappa shape index (κ1) is 19.0. The van der Waals surface area contributed by atoms with Gasteiger partial charge in [-0.15, -0.1) is 5.10 Å². The van der Waals surface area contributed by atoms with Crippen molar-refractivity contribution in [2.75, 3.05) is 26.2 Å². The number of nitrogens with zero attached hydrogens (tertiary/aromatic N) is 5. The van der Waals surface area contributed by atoms with Gasteiger partial charge in [0, 0.05) is 31.6 Å². The summed E-state index contributed by atoms with van der Waals surface area (Å²) in [6, 6.07) is 11.8. The highest BCUT2D eigenvalue weighted by molar-refractivity contribution is 7.08. The van der Waals surface area contributed by atoms with E-state index in [0.29, 0.717) is 56.3 Å². The number of rotatable bonds is 3. The van der Waals surface area contributed by atoms with Gasteiger partial charge in [-0.25, -0.2) is 4.68 Å². The van der Waals surface area contributed by atoms with Crippen LogP contribution in [0.2, 0.25) is 0 Å². The predicted octanol–water partition coefficient (Wildman–Crippen LogP) is 2.21. The van der Waals surface area contributed by atoms with Crippen LogP contribution < -0.4 is 0 Å². The molecule has 30 heavy (non-hydrogen) atoms. The lowest BCUT2D eigenvalue weighted by molar-refractivity contribution is -0.00202. The minimum absolute atomic E-state index is 0.0183. The molecular weight excluding hydrogens is 402 g/mol. The third-order valence-corrected chi connectivity index (χ3v) is 6.28. The Kier molecular flexibility index (Phi) is 5.06. The van der Waals surface area contributed by atoms with Gasteiger partial charge >= 0.3 is 0 Å². The number of aromatic nitrogens is 3. The average Bonchev–Trinajstić information content (AvgIpc) is 3.49. The molecule has 5 rings (SSSR count). The molecule has 1 aromatic carbocycles. The normalized spacial score (nSPS) is 18.9. The number of fused-ring (bicyclic) bond motifs is 1. The SMILES string of the molecule is O=C(c1ccsc1)N1CCN(C(=O)c2nnn3c2COC(c2ccccc2)C3)CC1. The third kappa shape index (κ3) is 3.50. The summed E-state index contributed by atoms with van der Waals surface area (Å²) in [5.74, 6) is -0.134. The average molecular weight is 423 g/mol. The van der Waals surface area contributed by atoms with E-state index >= 15 is 0 Å². The Balaban J connectivity index is 1.24. The van der Waals surface area contributed by atoms with Crippen molar-refractivity contribution in [3.05, 3.63) is 69.7 Å². The molecule has 2 amide bonds. The van der Waals surface area contributed by atoms with Crippen molar-refractivity contribution < 1.29 is 14.3 Å². The first-order valence-corrected chi connectivity index (χ1v) is 10.8. The Morgan fingerprint density at radius 3 is 2.43 bits per heavy atom. The molecule has 3 aromatic rings. The van der Waals surface area contributed by atoms with Gasteiger partial charge in [0.05, 0.1) is 24.4 Å². The largest absolute Gasteiger partial charge is 0.365 e. The lowest BCUT2D eigenvalue weighted by atomic mass is 10.1. The Hall–Kier alpha value is -3.04.